The highest BCUT2D eigenvalue weighted by Crippen LogP contribution is 2.38. The molecule has 2 heterocycles. The number of hydrogen-bond acceptors (Lipinski definition) is 3. The molecule has 0 aromatic rings. The smallest absolute Gasteiger partial charge is 0.327 e. The van der Waals surface area contributed by atoms with Gasteiger partial charge in [0.25, 0.3) is 0 Å². The average molecular weight is 314 g/mol. The fourth-order valence-electron chi connectivity index (χ4n) is 3.35. The van der Waals surface area contributed by atoms with Crippen molar-refractivity contribution in [3.63, 3.8) is 0 Å². The van der Waals surface area contributed by atoms with Gasteiger partial charge in [0.1, 0.15) is 6.04 Å². The molecule has 21 heavy (non-hydrogen) atoms. The summed E-state index contributed by atoms with van der Waals surface area (Å²) in [4.78, 5) is 27.4. The van der Waals surface area contributed by atoms with Crippen LogP contribution in [-0.4, -0.2) is 64.1 Å². The fourth-order valence-corrected chi connectivity index (χ4v) is 4.39. The molecule has 5 nitrogen and oxygen atoms in total. The number of thioether (sulfide) groups is 1. The number of aliphatic carboxylic acids is 1. The third-order valence-electron chi connectivity index (χ3n) is 5.25. The Hall–Kier alpha value is -0.910. The van der Waals surface area contributed by atoms with Crippen LogP contribution < -0.4 is 0 Å². The Morgan fingerprint density at radius 3 is 2.33 bits per heavy atom. The predicted molar refractivity (Wildman–Crippen MR) is 84.7 cm³/mol. The number of carboxylic acids is 1. The van der Waals surface area contributed by atoms with Crippen molar-refractivity contribution in [2.75, 3.05) is 31.1 Å². The monoisotopic (exact) mass is 314 g/mol. The largest absolute Gasteiger partial charge is 0.480 e. The second-order valence-corrected chi connectivity index (χ2v) is 7.25. The maximum Gasteiger partial charge on any atom is 0.327 e. The molecule has 0 bridgehead atoms. The van der Waals surface area contributed by atoms with Crippen LogP contribution in [0.15, 0.2) is 0 Å². The Bertz CT molecular complexity index is 388. The number of likely N-dealkylation sites (tertiary alicyclic amines) is 1. The predicted octanol–water partition coefficient (Wildman–Crippen LogP) is 2.51. The first kappa shape index (κ1) is 16.5. The minimum Gasteiger partial charge on any atom is -0.480 e. The Kier molecular flexibility index (Phi) is 5.41. The molecule has 2 aliphatic rings. The van der Waals surface area contributed by atoms with Crippen molar-refractivity contribution >= 4 is 23.8 Å². The standard InChI is InChI=1S/C15H26N2O3S/c1-3-15(4-2)5-7-16(8-6-15)14(20)17-9-10-21-11-12(17)13(18)19/h12H,3-11H2,1-2H3,(H,18,19). The van der Waals surface area contributed by atoms with Crippen molar-refractivity contribution in [3.05, 3.63) is 0 Å². The first-order chi connectivity index (χ1) is 10.0. The van der Waals surface area contributed by atoms with E-state index in [2.05, 4.69) is 13.8 Å². The van der Waals surface area contributed by atoms with Gasteiger partial charge < -0.3 is 14.9 Å². The molecule has 2 fully saturated rings. The number of hydrogen-bond donors (Lipinski definition) is 1. The minimum absolute atomic E-state index is 0.0801. The van der Waals surface area contributed by atoms with E-state index in [9.17, 15) is 14.7 Å². The van der Waals surface area contributed by atoms with Crippen LogP contribution in [0.2, 0.25) is 0 Å². The zero-order chi connectivity index (χ0) is 15.5. The number of carbonyl (C=O) groups excluding carboxylic acids is 1. The lowest BCUT2D eigenvalue weighted by Crippen LogP contribution is -2.56. The number of carboxylic acid groups (broad SMARTS) is 1. The van der Waals surface area contributed by atoms with Gasteiger partial charge in [0.15, 0.2) is 0 Å². The van der Waals surface area contributed by atoms with Crippen LogP contribution in [0.1, 0.15) is 39.5 Å². The van der Waals surface area contributed by atoms with Gasteiger partial charge in [0, 0.05) is 31.1 Å². The maximum absolute atomic E-state index is 12.6. The molecule has 0 aromatic carbocycles. The van der Waals surface area contributed by atoms with E-state index in [1.807, 2.05) is 4.90 Å². The fraction of sp³-hybridized carbons (Fsp3) is 0.867. The normalized spacial score (nSPS) is 25.7. The molecule has 0 radical (unpaired) electrons. The molecule has 1 atom stereocenters. The minimum atomic E-state index is -0.885. The number of carbonyl (C=O) groups is 2. The third-order valence-corrected chi connectivity index (χ3v) is 6.28. The van der Waals surface area contributed by atoms with Crippen LogP contribution in [0.3, 0.4) is 0 Å². The summed E-state index contributed by atoms with van der Waals surface area (Å²) in [6.45, 7) is 6.52. The van der Waals surface area contributed by atoms with Crippen molar-refractivity contribution in [2.24, 2.45) is 5.41 Å². The molecule has 0 spiro atoms. The van der Waals surface area contributed by atoms with Gasteiger partial charge >= 0.3 is 12.0 Å². The second-order valence-electron chi connectivity index (χ2n) is 6.10. The average Bonchev–Trinajstić information content (AvgIpc) is 2.54. The number of urea groups is 1. The van der Waals surface area contributed by atoms with Crippen LogP contribution in [0.25, 0.3) is 0 Å². The molecule has 120 valence electrons. The van der Waals surface area contributed by atoms with Crippen molar-refractivity contribution in [3.8, 4) is 0 Å². The molecule has 0 aliphatic carbocycles. The van der Waals surface area contributed by atoms with Gasteiger partial charge in [-0.1, -0.05) is 26.7 Å². The first-order valence-corrected chi connectivity index (χ1v) is 9.04. The van der Waals surface area contributed by atoms with Gasteiger partial charge in [-0.2, -0.15) is 11.8 Å². The lowest BCUT2D eigenvalue weighted by molar-refractivity contribution is -0.141. The number of rotatable bonds is 3. The van der Waals surface area contributed by atoms with E-state index in [-0.39, 0.29) is 6.03 Å². The van der Waals surface area contributed by atoms with Crippen LogP contribution in [-0.2, 0) is 4.79 Å². The van der Waals surface area contributed by atoms with E-state index >= 15 is 0 Å². The highest BCUT2D eigenvalue weighted by atomic mass is 32.2. The topological polar surface area (TPSA) is 60.9 Å². The molecule has 2 rings (SSSR count). The van der Waals surface area contributed by atoms with Gasteiger partial charge in [-0.3, -0.25) is 0 Å². The van der Waals surface area contributed by atoms with E-state index in [0.29, 0.717) is 17.7 Å². The summed E-state index contributed by atoms with van der Waals surface area (Å²) in [5.41, 5.74) is 0.376. The maximum atomic E-state index is 12.6. The van der Waals surface area contributed by atoms with Gasteiger partial charge in [-0.15, -0.1) is 0 Å². The Labute approximate surface area is 131 Å². The zero-order valence-electron chi connectivity index (χ0n) is 13.0. The Balaban J connectivity index is 1.99. The van der Waals surface area contributed by atoms with Crippen molar-refractivity contribution in [2.45, 2.75) is 45.6 Å². The summed E-state index contributed by atoms with van der Waals surface area (Å²) in [7, 11) is 0. The lowest BCUT2D eigenvalue weighted by Gasteiger charge is -2.43. The molecule has 2 saturated heterocycles. The molecule has 2 aliphatic heterocycles. The Morgan fingerprint density at radius 1 is 1.19 bits per heavy atom. The molecular formula is C15H26N2O3S. The van der Waals surface area contributed by atoms with Crippen molar-refractivity contribution < 1.29 is 14.7 Å². The Morgan fingerprint density at radius 2 is 1.81 bits per heavy atom. The third kappa shape index (κ3) is 3.47. The summed E-state index contributed by atoms with van der Waals surface area (Å²) >= 11 is 1.61. The van der Waals surface area contributed by atoms with E-state index in [1.165, 1.54) is 0 Å². The molecule has 6 heteroatoms. The van der Waals surface area contributed by atoms with Crippen LogP contribution in [0.4, 0.5) is 4.79 Å². The number of amides is 2. The summed E-state index contributed by atoms with van der Waals surface area (Å²) < 4.78 is 0. The highest BCUT2D eigenvalue weighted by Gasteiger charge is 2.38. The van der Waals surface area contributed by atoms with E-state index in [1.54, 1.807) is 16.7 Å². The number of nitrogens with zero attached hydrogens (tertiary/aromatic N) is 2. The van der Waals surface area contributed by atoms with Crippen molar-refractivity contribution in [1.29, 1.82) is 0 Å². The van der Waals surface area contributed by atoms with Gasteiger partial charge in [-0.25, -0.2) is 9.59 Å². The van der Waals surface area contributed by atoms with E-state index < -0.39 is 12.0 Å². The second kappa shape index (κ2) is 6.90. The van der Waals surface area contributed by atoms with Crippen LogP contribution in [0.5, 0.6) is 0 Å². The summed E-state index contributed by atoms with van der Waals surface area (Å²) in [5, 5.41) is 9.29. The zero-order valence-corrected chi connectivity index (χ0v) is 13.8. The molecule has 0 saturated carbocycles. The first-order valence-electron chi connectivity index (χ1n) is 7.89. The van der Waals surface area contributed by atoms with Crippen LogP contribution in [0, 0.1) is 5.41 Å². The summed E-state index contributed by atoms with van der Waals surface area (Å²) in [6, 6.07) is -0.746. The molecule has 1 N–H and O–H groups in total. The number of piperidine rings is 1. The van der Waals surface area contributed by atoms with Crippen LogP contribution >= 0.6 is 11.8 Å². The lowest BCUT2D eigenvalue weighted by atomic mass is 9.74. The summed E-state index contributed by atoms with van der Waals surface area (Å²) in [6.07, 6.45) is 4.38. The quantitative estimate of drug-likeness (QED) is 0.869. The van der Waals surface area contributed by atoms with E-state index in [4.69, 9.17) is 0 Å². The van der Waals surface area contributed by atoms with Gasteiger partial charge in [0.05, 0.1) is 0 Å². The highest BCUT2D eigenvalue weighted by molar-refractivity contribution is 7.99. The molecule has 0 aromatic heterocycles. The summed E-state index contributed by atoms with van der Waals surface area (Å²) in [5.74, 6) is 0.448. The molecular weight excluding hydrogens is 288 g/mol. The molecule has 2 amide bonds. The van der Waals surface area contributed by atoms with E-state index in [0.717, 1.165) is 44.5 Å². The van der Waals surface area contributed by atoms with Gasteiger partial charge in [0.2, 0.25) is 0 Å². The van der Waals surface area contributed by atoms with Crippen molar-refractivity contribution in [1.82, 2.24) is 9.80 Å². The molecule has 1 unspecified atom stereocenters. The SMILES string of the molecule is CCC1(CC)CCN(C(=O)N2CCSCC2C(=O)O)CC1. The van der Waals surface area contributed by atoms with Gasteiger partial charge in [-0.05, 0) is 18.3 Å².